The van der Waals surface area contributed by atoms with Crippen LogP contribution in [0.1, 0.15) is 17.5 Å². The number of rotatable bonds is 8. The Kier molecular flexibility index (Phi) is 6.66. The molecule has 2 N–H and O–H groups in total. The van der Waals surface area contributed by atoms with Crippen LogP contribution in [-0.4, -0.2) is 22.9 Å². The normalized spacial score (nSPS) is 14.1. The van der Waals surface area contributed by atoms with Crippen molar-refractivity contribution < 1.29 is 24.6 Å². The monoisotopic (exact) mass is 441 g/mol. The van der Waals surface area contributed by atoms with E-state index >= 15 is 0 Å². The lowest BCUT2D eigenvalue weighted by atomic mass is 9.99. The molecule has 166 valence electrons. The largest absolute Gasteiger partial charge is 0.481 e. The molecule has 1 aliphatic heterocycles. The van der Waals surface area contributed by atoms with Gasteiger partial charge in [-0.2, -0.15) is 4.57 Å². The predicted octanol–water partition coefficient (Wildman–Crippen LogP) is 5.04. The van der Waals surface area contributed by atoms with Crippen LogP contribution in [0.15, 0.2) is 97.6 Å². The van der Waals surface area contributed by atoms with Crippen LogP contribution in [0.2, 0.25) is 0 Å². The number of pyridine rings is 1. The molecule has 0 unspecified atom stereocenters. The Labute approximate surface area is 192 Å². The lowest BCUT2D eigenvalue weighted by Gasteiger charge is -2.27. The van der Waals surface area contributed by atoms with Gasteiger partial charge in [0.05, 0.1) is 11.8 Å². The van der Waals surface area contributed by atoms with E-state index in [0.717, 1.165) is 33.3 Å². The molecule has 0 amide bonds. The predicted molar refractivity (Wildman–Crippen MR) is 129 cm³/mol. The van der Waals surface area contributed by atoms with Crippen LogP contribution in [0, 0.1) is 0 Å². The number of aliphatic carboxylic acids is 1. The quantitative estimate of drug-likeness (QED) is 0.222. The highest BCUT2D eigenvalue weighted by atomic mass is 17.1. The molecular weight excluding hydrogens is 416 g/mol. The number of para-hydroxylation sites is 2. The molecular formula is C27H25N2O4+. The van der Waals surface area contributed by atoms with Gasteiger partial charge in [-0.05, 0) is 29.3 Å². The number of fused-ring (bicyclic) bond motifs is 2. The highest BCUT2D eigenvalue weighted by Gasteiger charge is 2.16. The number of benzene rings is 2. The fraction of sp³-hybridized carbons (Fsp3) is 0.111. The summed E-state index contributed by atoms with van der Waals surface area (Å²) in [6.45, 7) is 4.47. The van der Waals surface area contributed by atoms with Crippen molar-refractivity contribution >= 4 is 34.2 Å². The lowest BCUT2D eigenvalue weighted by molar-refractivity contribution is -0.668. The van der Waals surface area contributed by atoms with Crippen molar-refractivity contribution in [3.8, 4) is 0 Å². The summed E-state index contributed by atoms with van der Waals surface area (Å²) in [5, 5.41) is 18.9. The number of hydrogen-bond donors (Lipinski definition) is 2. The zero-order valence-corrected chi connectivity index (χ0v) is 18.1. The molecule has 2 aromatic carbocycles. The topological polar surface area (TPSA) is 73.9 Å². The van der Waals surface area contributed by atoms with E-state index in [0.29, 0.717) is 13.1 Å². The number of carboxylic acids is 1. The average molecular weight is 442 g/mol. The third-order valence-corrected chi connectivity index (χ3v) is 5.51. The first-order valence-corrected chi connectivity index (χ1v) is 10.6. The van der Waals surface area contributed by atoms with Crippen LogP contribution >= 0.6 is 0 Å². The van der Waals surface area contributed by atoms with Gasteiger partial charge >= 0.3 is 5.97 Å². The second-order valence-electron chi connectivity index (χ2n) is 7.70. The second-order valence-corrected chi connectivity index (χ2v) is 7.70. The lowest BCUT2D eigenvalue weighted by Crippen LogP contribution is -2.35. The number of anilines is 1. The summed E-state index contributed by atoms with van der Waals surface area (Å²) in [7, 11) is 0. The maximum absolute atomic E-state index is 11.0. The van der Waals surface area contributed by atoms with Gasteiger partial charge in [-0.3, -0.25) is 4.79 Å². The fourth-order valence-corrected chi connectivity index (χ4v) is 3.93. The van der Waals surface area contributed by atoms with Gasteiger partial charge in [0.1, 0.15) is 0 Å². The maximum atomic E-state index is 11.0. The van der Waals surface area contributed by atoms with Crippen LogP contribution in [-0.2, 0) is 16.2 Å². The highest BCUT2D eigenvalue weighted by molar-refractivity contribution is 5.89. The van der Waals surface area contributed by atoms with Crippen LogP contribution in [0.4, 0.5) is 5.69 Å². The van der Waals surface area contributed by atoms with E-state index in [1.807, 2.05) is 82.5 Å². The van der Waals surface area contributed by atoms with E-state index in [2.05, 4.69) is 29.7 Å². The van der Waals surface area contributed by atoms with Crippen LogP contribution in [0.25, 0.3) is 22.6 Å². The highest BCUT2D eigenvalue weighted by Crippen LogP contribution is 2.32. The van der Waals surface area contributed by atoms with Gasteiger partial charge in [-0.15, -0.1) is 0 Å². The third kappa shape index (κ3) is 5.02. The Balaban J connectivity index is 1.62. The van der Waals surface area contributed by atoms with Crippen molar-refractivity contribution in [1.82, 2.24) is 0 Å². The van der Waals surface area contributed by atoms with Crippen molar-refractivity contribution in [2.24, 2.45) is 0 Å². The Hall–Kier alpha value is -4.16. The number of allylic oxidation sites excluding steroid dienone is 5. The molecule has 33 heavy (non-hydrogen) atoms. The molecule has 6 nitrogen and oxygen atoms in total. The van der Waals surface area contributed by atoms with Gasteiger partial charge < -0.3 is 14.9 Å². The number of hydrogen-bond acceptors (Lipinski definition) is 4. The Bertz CT molecular complexity index is 1290. The summed E-state index contributed by atoms with van der Waals surface area (Å²) in [6.07, 6.45) is 12.1. The van der Waals surface area contributed by atoms with Gasteiger partial charge in [0.25, 0.3) is 0 Å². The maximum Gasteiger partial charge on any atom is 0.305 e. The summed E-state index contributed by atoms with van der Waals surface area (Å²) in [5.41, 5.74) is 5.18. The minimum Gasteiger partial charge on any atom is -0.481 e. The van der Waals surface area contributed by atoms with Gasteiger partial charge in [-0.1, -0.05) is 55.1 Å². The molecule has 0 spiro atoms. The molecule has 0 saturated carbocycles. The zero-order chi connectivity index (χ0) is 23.2. The molecule has 0 aliphatic carbocycles. The second kappa shape index (κ2) is 9.97. The van der Waals surface area contributed by atoms with Crippen molar-refractivity contribution in [3.05, 3.63) is 109 Å². The Morgan fingerprint density at radius 3 is 2.73 bits per heavy atom. The number of aromatic nitrogens is 1. The van der Waals surface area contributed by atoms with E-state index in [9.17, 15) is 4.79 Å². The zero-order valence-electron chi connectivity index (χ0n) is 18.1. The molecule has 1 aliphatic rings. The molecule has 0 bridgehead atoms. The smallest absolute Gasteiger partial charge is 0.305 e. The minimum atomic E-state index is -0.810. The minimum absolute atomic E-state index is 0.0798. The van der Waals surface area contributed by atoms with Gasteiger partial charge in [-0.25, -0.2) is 5.26 Å². The van der Waals surface area contributed by atoms with Crippen LogP contribution in [0.5, 0.6) is 0 Å². The number of carboxylic acid groups (broad SMARTS) is 1. The Morgan fingerprint density at radius 1 is 1.12 bits per heavy atom. The molecule has 2 heterocycles. The molecule has 4 rings (SSSR count). The van der Waals surface area contributed by atoms with Gasteiger partial charge in [0, 0.05) is 36.1 Å². The summed E-state index contributed by atoms with van der Waals surface area (Å²) in [6, 6.07) is 18.0. The van der Waals surface area contributed by atoms with E-state index in [-0.39, 0.29) is 12.2 Å². The molecule has 0 radical (unpaired) electrons. The van der Waals surface area contributed by atoms with Gasteiger partial charge in [0.2, 0.25) is 12.1 Å². The summed E-state index contributed by atoms with van der Waals surface area (Å²) in [4.78, 5) is 17.2. The van der Waals surface area contributed by atoms with Crippen molar-refractivity contribution in [1.29, 1.82) is 0 Å². The third-order valence-electron chi connectivity index (χ3n) is 5.51. The van der Waals surface area contributed by atoms with Gasteiger partial charge in [0.15, 0.2) is 12.0 Å². The van der Waals surface area contributed by atoms with E-state index < -0.39 is 5.97 Å². The van der Waals surface area contributed by atoms with E-state index in [1.165, 1.54) is 0 Å². The number of nitrogens with zero attached hydrogens (tertiary/aromatic N) is 2. The molecule has 0 saturated heterocycles. The van der Waals surface area contributed by atoms with Crippen molar-refractivity contribution in [2.45, 2.75) is 13.0 Å². The summed E-state index contributed by atoms with van der Waals surface area (Å²) >= 11 is 0. The van der Waals surface area contributed by atoms with Crippen LogP contribution < -0.4 is 9.47 Å². The van der Waals surface area contributed by atoms with E-state index in [4.69, 9.17) is 10.4 Å². The molecule has 0 atom stereocenters. The first-order chi connectivity index (χ1) is 16.1. The first kappa shape index (κ1) is 22.0. The molecule has 6 heteroatoms. The SMILES string of the molecule is C=C(C[n+]1ccc(C=CC=C2C=CN(CCC(=O)O)c3ccccc32)c2ccccc21)OO. The number of carbonyl (C=O) groups is 1. The molecule has 3 aromatic rings. The Morgan fingerprint density at radius 2 is 1.91 bits per heavy atom. The van der Waals surface area contributed by atoms with E-state index in [1.54, 1.807) is 0 Å². The van der Waals surface area contributed by atoms with Crippen LogP contribution in [0.3, 0.4) is 0 Å². The average Bonchev–Trinajstić information content (AvgIpc) is 2.84. The molecule has 1 aromatic heterocycles. The van der Waals surface area contributed by atoms with Crippen molar-refractivity contribution in [2.75, 3.05) is 11.4 Å². The first-order valence-electron chi connectivity index (χ1n) is 10.6. The summed E-state index contributed by atoms with van der Waals surface area (Å²) < 4.78 is 1.97. The molecule has 0 fully saturated rings. The standard InChI is InChI=1S/C27H24N2O4/c1-20(33-32)19-29-17-14-22(24-10-3-5-12-26(24)29)8-6-7-21-13-16-28(18-15-27(30)31)25-11-4-2-9-23(21)25/h2-14,16-17H,1,15,18-19H2,(H-,30,31,32)/p+1. The summed E-state index contributed by atoms with van der Waals surface area (Å²) in [5.74, 6) is -0.548. The van der Waals surface area contributed by atoms with Crippen molar-refractivity contribution in [3.63, 3.8) is 0 Å². The fourth-order valence-electron chi connectivity index (χ4n) is 3.93.